The maximum Gasteiger partial charge on any atom is 0.127 e. The molecule has 12 aromatic carbocycles. The summed E-state index contributed by atoms with van der Waals surface area (Å²) >= 11 is 0. The summed E-state index contributed by atoms with van der Waals surface area (Å²) in [6.45, 7) is 7.73. The van der Waals surface area contributed by atoms with Gasteiger partial charge in [0, 0.05) is 29.2 Å². The zero-order valence-electron chi connectivity index (χ0n) is 46.1. The molecule has 2 atom stereocenters. The summed E-state index contributed by atoms with van der Waals surface area (Å²) < 4.78 is 91.2. The normalized spacial score (nSPS) is 15.2. The molecule has 0 amide bonds. The monoisotopic (exact) mass is 1130 g/mol. The van der Waals surface area contributed by atoms with Crippen LogP contribution in [0.15, 0.2) is 280 Å². The number of ether oxygens (including phenoxy) is 2. The number of anilines is 3. The molecule has 3 nitrogen and oxygen atoms in total. The lowest BCUT2D eigenvalue weighted by atomic mass is 9.67. The van der Waals surface area contributed by atoms with Gasteiger partial charge in [0.25, 0.3) is 0 Å². The summed E-state index contributed by atoms with van der Waals surface area (Å²) in [5, 5.41) is 0. The molecule has 0 N–H and O–H groups in total. The smallest absolute Gasteiger partial charge is 0.127 e. The highest BCUT2D eigenvalue weighted by Gasteiger charge is 2.49. The molecule has 0 saturated heterocycles. The van der Waals surface area contributed by atoms with Crippen molar-refractivity contribution in [1.82, 2.24) is 0 Å². The van der Waals surface area contributed by atoms with Crippen LogP contribution in [0.1, 0.15) is 55.6 Å². The van der Waals surface area contributed by atoms with E-state index in [0.717, 1.165) is 95.7 Å². The number of hydrogen-bond acceptors (Lipinski definition) is 3. The van der Waals surface area contributed by atoms with Crippen LogP contribution in [-0.2, 0) is 10.8 Å². The Labute approximate surface area is 495 Å². The van der Waals surface area contributed by atoms with Crippen LogP contribution in [0, 0.1) is 29.1 Å². The number of nitrogens with zero attached hydrogens (tertiary/aromatic N) is 1. The first-order chi connectivity index (χ1) is 42.0. The molecule has 12 aromatic rings. The molecule has 0 aromatic heterocycles. The number of hydrogen-bond donors (Lipinski definition) is 0. The Hall–Kier alpha value is -10.8. The van der Waals surface area contributed by atoms with Crippen LogP contribution in [0.2, 0.25) is 0 Å². The SMILES string of the molecule is C=Cc1ccc(Oc2ccc(C3(c4cc(F)cc(F)c4)c4ccccc4-c4ccc(N(c5ccc(-c6ccc(F)cc6)cc5)c5ccc6c(c5)C(c5ccc(Oc7ccc(C=C)cc7)cc5)(c5cc(F)cc(F)c5)c5ccccc5-6)cc43)cc2)cc1. The number of halogens is 5. The van der Waals surface area contributed by atoms with Gasteiger partial charge in [-0.3, -0.25) is 0 Å². The Morgan fingerprint density at radius 1 is 0.291 bits per heavy atom. The van der Waals surface area contributed by atoms with Gasteiger partial charge in [-0.15, -0.1) is 0 Å². The summed E-state index contributed by atoms with van der Waals surface area (Å²) in [6, 6.07) is 80.5. The average molecular weight is 1130 g/mol. The Morgan fingerprint density at radius 2 is 0.628 bits per heavy atom. The second kappa shape index (κ2) is 21.4. The fraction of sp³-hybridized carbons (Fsp3) is 0.0256. The zero-order valence-corrected chi connectivity index (χ0v) is 46.1. The first kappa shape index (κ1) is 53.2. The minimum Gasteiger partial charge on any atom is -0.457 e. The molecule has 2 aliphatic rings. The van der Waals surface area contributed by atoms with Crippen LogP contribution >= 0.6 is 0 Å². The van der Waals surface area contributed by atoms with Gasteiger partial charge < -0.3 is 14.4 Å². The average Bonchev–Trinajstić information content (AvgIpc) is 1.54. The third kappa shape index (κ3) is 9.05. The van der Waals surface area contributed by atoms with E-state index in [0.29, 0.717) is 45.5 Å². The molecule has 86 heavy (non-hydrogen) atoms. The predicted octanol–water partition coefficient (Wildman–Crippen LogP) is 21.1. The van der Waals surface area contributed by atoms with Gasteiger partial charge in [-0.25, -0.2) is 22.0 Å². The molecule has 8 heteroatoms. The van der Waals surface area contributed by atoms with Crippen molar-refractivity contribution in [1.29, 1.82) is 0 Å². The summed E-state index contributed by atoms with van der Waals surface area (Å²) in [7, 11) is 0. The minimum atomic E-state index is -1.28. The van der Waals surface area contributed by atoms with Crippen molar-refractivity contribution >= 4 is 29.2 Å². The molecular weight excluding hydrogens is 1080 g/mol. The molecule has 14 rings (SSSR count). The Kier molecular flexibility index (Phi) is 13.2. The van der Waals surface area contributed by atoms with E-state index in [-0.39, 0.29) is 5.82 Å². The van der Waals surface area contributed by atoms with Gasteiger partial charge in [-0.05, 0) is 210 Å². The standard InChI is InChI=1S/C78H50F5NO2/c1-3-49-13-31-65(32-14-49)85-67-35-21-53(22-36-67)77(55-41-58(80)45-59(81)42-55)73-11-7-5-9-69(73)71-39-29-63(47-75(71)77)84(62-27-19-52(20-28-62)51-17-25-57(79)26-18-51)64-30-40-72-70-10-6-8-12-74(70)78(76(72)48-64,56-43-60(82)46-61(83)44-56)54-23-37-68(38-24-54)86-66-33-15-50(4-2)16-34-66/h3-48H,1-2H2. The highest BCUT2D eigenvalue weighted by molar-refractivity contribution is 5.92. The molecule has 0 heterocycles. The first-order valence-electron chi connectivity index (χ1n) is 28.1. The molecule has 2 aliphatic carbocycles. The van der Waals surface area contributed by atoms with Crippen molar-refractivity contribution in [3.8, 4) is 56.4 Å². The summed E-state index contributed by atoms with van der Waals surface area (Å²) in [5.74, 6) is -0.882. The zero-order chi connectivity index (χ0) is 58.7. The largest absolute Gasteiger partial charge is 0.457 e. The van der Waals surface area contributed by atoms with Crippen LogP contribution in [0.3, 0.4) is 0 Å². The van der Waals surface area contributed by atoms with E-state index in [1.807, 2.05) is 182 Å². The lowest BCUT2D eigenvalue weighted by molar-refractivity contribution is 0.482. The van der Waals surface area contributed by atoms with Gasteiger partial charge in [-0.1, -0.05) is 159 Å². The Balaban J connectivity index is 0.985. The highest BCUT2D eigenvalue weighted by atomic mass is 19.1. The summed E-state index contributed by atoms with van der Waals surface area (Å²) in [6.07, 6.45) is 3.52. The van der Waals surface area contributed by atoms with Crippen molar-refractivity contribution in [3.05, 3.63) is 365 Å². The van der Waals surface area contributed by atoms with Crippen LogP contribution in [0.4, 0.5) is 39.0 Å². The van der Waals surface area contributed by atoms with Crippen LogP contribution in [0.5, 0.6) is 23.0 Å². The molecule has 0 radical (unpaired) electrons. The molecule has 0 aliphatic heterocycles. The quantitative estimate of drug-likeness (QED) is 0.101. The van der Waals surface area contributed by atoms with Crippen LogP contribution < -0.4 is 14.4 Å². The number of rotatable bonds is 14. The maximum atomic E-state index is 16.1. The van der Waals surface area contributed by atoms with Crippen molar-refractivity contribution in [2.45, 2.75) is 10.8 Å². The lowest BCUT2D eigenvalue weighted by Gasteiger charge is -2.36. The minimum absolute atomic E-state index is 0.346. The van der Waals surface area contributed by atoms with E-state index in [4.69, 9.17) is 9.47 Å². The van der Waals surface area contributed by atoms with Gasteiger partial charge in [-0.2, -0.15) is 0 Å². The lowest BCUT2D eigenvalue weighted by Crippen LogP contribution is -2.29. The molecule has 0 saturated carbocycles. The number of benzene rings is 12. The van der Waals surface area contributed by atoms with E-state index in [2.05, 4.69) is 42.3 Å². The molecule has 2 unspecified atom stereocenters. The highest BCUT2D eigenvalue weighted by Crippen LogP contribution is 2.60. The van der Waals surface area contributed by atoms with Gasteiger partial charge in [0.15, 0.2) is 0 Å². The Bertz CT molecular complexity index is 4310. The van der Waals surface area contributed by atoms with Gasteiger partial charge in [0.05, 0.1) is 10.8 Å². The van der Waals surface area contributed by atoms with Crippen molar-refractivity contribution in [2.24, 2.45) is 0 Å². The second-order valence-electron chi connectivity index (χ2n) is 21.6. The van der Waals surface area contributed by atoms with E-state index in [1.54, 1.807) is 24.3 Å². The molecule has 414 valence electrons. The summed E-state index contributed by atoms with van der Waals surface area (Å²) in [4.78, 5) is 2.12. The van der Waals surface area contributed by atoms with E-state index in [1.165, 1.54) is 36.4 Å². The summed E-state index contributed by atoms with van der Waals surface area (Å²) in [5.41, 5.74) is 12.0. The third-order valence-corrected chi connectivity index (χ3v) is 16.7. The van der Waals surface area contributed by atoms with Gasteiger partial charge >= 0.3 is 0 Å². The molecular formula is C78H50F5NO2. The Morgan fingerprint density at radius 3 is 1.01 bits per heavy atom. The van der Waals surface area contributed by atoms with Crippen LogP contribution in [0.25, 0.3) is 45.5 Å². The fourth-order valence-corrected chi connectivity index (χ4v) is 13.0. The first-order valence-corrected chi connectivity index (χ1v) is 28.1. The van der Waals surface area contributed by atoms with Gasteiger partial charge in [0.2, 0.25) is 0 Å². The van der Waals surface area contributed by atoms with E-state index in [9.17, 15) is 4.39 Å². The van der Waals surface area contributed by atoms with E-state index < -0.39 is 34.1 Å². The molecule has 0 bridgehead atoms. The van der Waals surface area contributed by atoms with Crippen LogP contribution in [-0.4, -0.2) is 0 Å². The van der Waals surface area contributed by atoms with Gasteiger partial charge in [0.1, 0.15) is 52.1 Å². The topological polar surface area (TPSA) is 21.7 Å². The third-order valence-electron chi connectivity index (χ3n) is 16.7. The predicted molar refractivity (Wildman–Crippen MR) is 334 cm³/mol. The van der Waals surface area contributed by atoms with Crippen molar-refractivity contribution < 1.29 is 31.4 Å². The molecule has 0 fully saturated rings. The second-order valence-corrected chi connectivity index (χ2v) is 21.6. The van der Waals surface area contributed by atoms with Crippen molar-refractivity contribution in [2.75, 3.05) is 4.90 Å². The number of fused-ring (bicyclic) bond motifs is 6. The fourth-order valence-electron chi connectivity index (χ4n) is 13.0. The van der Waals surface area contributed by atoms with Crippen molar-refractivity contribution in [3.63, 3.8) is 0 Å². The van der Waals surface area contributed by atoms with E-state index >= 15 is 17.6 Å². The maximum absolute atomic E-state index is 16.1. The molecule has 0 spiro atoms.